The zero-order valence-corrected chi connectivity index (χ0v) is 8.16. The fourth-order valence-electron chi connectivity index (χ4n) is 1.12. The van der Waals surface area contributed by atoms with Crippen LogP contribution in [-0.4, -0.2) is 17.6 Å². The van der Waals surface area contributed by atoms with Gasteiger partial charge in [0.25, 0.3) is 5.91 Å². The zero-order valence-electron chi connectivity index (χ0n) is 8.16. The number of rotatable bonds is 3. The number of aliphatic hydroxyl groups is 1. The van der Waals surface area contributed by atoms with Crippen LogP contribution in [0.4, 0.5) is 5.69 Å². The lowest BCUT2D eigenvalue weighted by atomic mass is 10.1. The minimum absolute atomic E-state index is 0.178. The van der Waals surface area contributed by atoms with Gasteiger partial charge in [-0.25, -0.2) is 0 Å². The van der Waals surface area contributed by atoms with Crippen molar-refractivity contribution in [2.75, 3.05) is 12.3 Å². The predicted molar refractivity (Wildman–Crippen MR) is 57.9 cm³/mol. The standard InChI is InChI=1S/C11H12N2O2/c1-2-5-13-11(15)8-3-4-10(12)9(6-8)7-14/h1,3-4,6,14H,5,7,12H2,(H,13,15). The first-order valence-corrected chi connectivity index (χ1v) is 4.40. The van der Waals surface area contributed by atoms with Gasteiger partial charge in [-0.2, -0.15) is 0 Å². The van der Waals surface area contributed by atoms with E-state index in [9.17, 15) is 4.79 Å². The van der Waals surface area contributed by atoms with Gasteiger partial charge >= 0.3 is 0 Å². The third-order valence-electron chi connectivity index (χ3n) is 1.93. The molecule has 0 spiro atoms. The van der Waals surface area contributed by atoms with Gasteiger partial charge in [0.05, 0.1) is 13.2 Å². The first-order valence-electron chi connectivity index (χ1n) is 4.40. The Balaban J connectivity index is 2.87. The van der Waals surface area contributed by atoms with Gasteiger partial charge in [-0.05, 0) is 18.2 Å². The molecule has 0 aliphatic heterocycles. The van der Waals surface area contributed by atoms with Crippen LogP contribution < -0.4 is 11.1 Å². The Morgan fingerprint density at radius 3 is 2.93 bits per heavy atom. The minimum atomic E-state index is -0.275. The maximum Gasteiger partial charge on any atom is 0.252 e. The van der Waals surface area contributed by atoms with Crippen LogP contribution in [-0.2, 0) is 6.61 Å². The van der Waals surface area contributed by atoms with E-state index in [-0.39, 0.29) is 19.1 Å². The monoisotopic (exact) mass is 204 g/mol. The fourth-order valence-corrected chi connectivity index (χ4v) is 1.12. The van der Waals surface area contributed by atoms with Crippen LogP contribution in [0.2, 0.25) is 0 Å². The highest BCUT2D eigenvalue weighted by atomic mass is 16.3. The van der Waals surface area contributed by atoms with Crippen molar-refractivity contribution in [1.29, 1.82) is 0 Å². The molecule has 0 bridgehead atoms. The molecule has 0 radical (unpaired) electrons. The molecule has 15 heavy (non-hydrogen) atoms. The van der Waals surface area contributed by atoms with Crippen molar-refractivity contribution in [2.45, 2.75) is 6.61 Å². The van der Waals surface area contributed by atoms with Crippen LogP contribution in [0.3, 0.4) is 0 Å². The Kier molecular flexibility index (Phi) is 3.72. The van der Waals surface area contributed by atoms with Gasteiger partial charge in [-0.15, -0.1) is 6.42 Å². The molecular weight excluding hydrogens is 192 g/mol. The number of nitrogen functional groups attached to an aromatic ring is 1. The van der Waals surface area contributed by atoms with Crippen LogP contribution in [0.5, 0.6) is 0 Å². The topological polar surface area (TPSA) is 75.4 Å². The normalized spacial score (nSPS) is 9.33. The highest BCUT2D eigenvalue weighted by Crippen LogP contribution is 2.13. The van der Waals surface area contributed by atoms with Gasteiger partial charge in [0, 0.05) is 16.8 Å². The van der Waals surface area contributed by atoms with Gasteiger partial charge in [-0.3, -0.25) is 4.79 Å². The number of hydrogen-bond donors (Lipinski definition) is 3. The Bertz CT molecular complexity index is 408. The summed E-state index contributed by atoms with van der Waals surface area (Å²) in [5.41, 5.74) is 7.00. The number of aliphatic hydroxyl groups excluding tert-OH is 1. The number of carbonyl (C=O) groups is 1. The van der Waals surface area contributed by atoms with E-state index in [0.29, 0.717) is 16.8 Å². The van der Waals surface area contributed by atoms with Gasteiger partial charge < -0.3 is 16.2 Å². The summed E-state index contributed by atoms with van der Waals surface area (Å²) < 4.78 is 0. The number of nitrogens with one attached hydrogen (secondary N) is 1. The van der Waals surface area contributed by atoms with Crippen LogP contribution in [0.15, 0.2) is 18.2 Å². The van der Waals surface area contributed by atoms with E-state index in [1.54, 1.807) is 18.2 Å². The van der Waals surface area contributed by atoms with Crippen LogP contribution in [0.1, 0.15) is 15.9 Å². The minimum Gasteiger partial charge on any atom is -0.398 e. The van der Waals surface area contributed by atoms with E-state index in [0.717, 1.165) is 0 Å². The summed E-state index contributed by atoms with van der Waals surface area (Å²) in [6, 6.07) is 4.71. The van der Waals surface area contributed by atoms with Crippen LogP contribution >= 0.6 is 0 Å². The van der Waals surface area contributed by atoms with Crippen molar-refractivity contribution in [3.63, 3.8) is 0 Å². The highest BCUT2D eigenvalue weighted by Gasteiger charge is 2.06. The molecule has 0 heterocycles. The molecule has 1 rings (SSSR count). The maximum atomic E-state index is 11.5. The SMILES string of the molecule is C#CCNC(=O)c1ccc(N)c(CO)c1. The van der Waals surface area contributed by atoms with Crippen molar-refractivity contribution in [2.24, 2.45) is 0 Å². The quantitative estimate of drug-likeness (QED) is 0.483. The number of amides is 1. The van der Waals surface area contributed by atoms with E-state index in [1.165, 1.54) is 0 Å². The van der Waals surface area contributed by atoms with E-state index in [1.807, 2.05) is 0 Å². The summed E-state index contributed by atoms with van der Waals surface area (Å²) in [7, 11) is 0. The average molecular weight is 204 g/mol. The molecule has 1 aromatic carbocycles. The lowest BCUT2D eigenvalue weighted by Gasteiger charge is -2.06. The van der Waals surface area contributed by atoms with Crippen molar-refractivity contribution in [3.8, 4) is 12.3 Å². The molecule has 0 unspecified atom stereocenters. The van der Waals surface area contributed by atoms with Gasteiger partial charge in [-0.1, -0.05) is 5.92 Å². The Morgan fingerprint density at radius 1 is 1.60 bits per heavy atom. The number of anilines is 1. The zero-order chi connectivity index (χ0) is 11.3. The summed E-state index contributed by atoms with van der Waals surface area (Å²) in [6.45, 7) is -0.0141. The Hall–Kier alpha value is -1.99. The highest BCUT2D eigenvalue weighted by molar-refractivity contribution is 5.94. The molecule has 78 valence electrons. The molecule has 1 amide bonds. The van der Waals surface area contributed by atoms with Gasteiger partial charge in [0.1, 0.15) is 0 Å². The first kappa shape index (κ1) is 11.1. The Labute approximate surface area is 88.1 Å². The number of benzene rings is 1. The summed E-state index contributed by atoms with van der Waals surface area (Å²) in [5, 5.41) is 11.5. The Morgan fingerprint density at radius 2 is 2.33 bits per heavy atom. The molecule has 0 saturated carbocycles. The number of carbonyl (C=O) groups excluding carboxylic acids is 1. The second kappa shape index (κ2) is 5.03. The lowest BCUT2D eigenvalue weighted by molar-refractivity contribution is 0.0958. The molecule has 0 atom stereocenters. The summed E-state index contributed by atoms with van der Waals surface area (Å²) in [5.74, 6) is 2.03. The van der Waals surface area contributed by atoms with E-state index in [4.69, 9.17) is 17.3 Å². The third kappa shape index (κ3) is 2.73. The lowest BCUT2D eigenvalue weighted by Crippen LogP contribution is -2.23. The fraction of sp³-hybridized carbons (Fsp3) is 0.182. The van der Waals surface area contributed by atoms with Crippen LogP contribution in [0, 0.1) is 12.3 Å². The van der Waals surface area contributed by atoms with Crippen molar-refractivity contribution in [1.82, 2.24) is 5.32 Å². The average Bonchev–Trinajstić information content (AvgIpc) is 2.26. The molecule has 4 N–H and O–H groups in total. The number of nitrogens with two attached hydrogens (primary N) is 1. The molecule has 0 fully saturated rings. The molecule has 4 nitrogen and oxygen atoms in total. The molecule has 0 aliphatic rings. The van der Waals surface area contributed by atoms with Gasteiger partial charge in [0.15, 0.2) is 0 Å². The summed E-state index contributed by atoms with van der Waals surface area (Å²) in [6.07, 6.45) is 5.01. The predicted octanol–water partition coefficient (Wildman–Crippen LogP) is 0.124. The number of terminal acetylenes is 1. The summed E-state index contributed by atoms with van der Waals surface area (Å²) >= 11 is 0. The van der Waals surface area contributed by atoms with E-state index < -0.39 is 0 Å². The molecule has 0 aliphatic carbocycles. The molecular formula is C11H12N2O2. The third-order valence-corrected chi connectivity index (χ3v) is 1.93. The molecule has 0 saturated heterocycles. The van der Waals surface area contributed by atoms with Crippen molar-refractivity contribution < 1.29 is 9.90 Å². The number of hydrogen-bond acceptors (Lipinski definition) is 3. The molecule has 1 aromatic rings. The maximum absolute atomic E-state index is 11.5. The molecule has 0 aromatic heterocycles. The van der Waals surface area contributed by atoms with E-state index in [2.05, 4.69) is 11.2 Å². The van der Waals surface area contributed by atoms with Gasteiger partial charge in [0.2, 0.25) is 0 Å². The van der Waals surface area contributed by atoms with Crippen LogP contribution in [0.25, 0.3) is 0 Å². The second-order valence-electron chi connectivity index (χ2n) is 2.96. The van der Waals surface area contributed by atoms with Crippen molar-refractivity contribution >= 4 is 11.6 Å². The van der Waals surface area contributed by atoms with E-state index >= 15 is 0 Å². The summed E-state index contributed by atoms with van der Waals surface area (Å²) in [4.78, 5) is 11.5. The van der Waals surface area contributed by atoms with Crippen molar-refractivity contribution in [3.05, 3.63) is 29.3 Å². The largest absolute Gasteiger partial charge is 0.398 e. The smallest absolute Gasteiger partial charge is 0.252 e. The molecule has 4 heteroatoms. The second-order valence-corrected chi connectivity index (χ2v) is 2.96. The first-order chi connectivity index (χ1) is 7.19.